The van der Waals surface area contributed by atoms with Gasteiger partial charge in [-0.15, -0.1) is 24.8 Å². The molecule has 2 fully saturated rings. The van der Waals surface area contributed by atoms with E-state index in [1.165, 1.54) is 25.7 Å². The van der Waals surface area contributed by atoms with Crippen LogP contribution in [0.1, 0.15) is 45.4 Å². The van der Waals surface area contributed by atoms with E-state index in [1.54, 1.807) is 7.11 Å². The fourth-order valence-electron chi connectivity index (χ4n) is 4.41. The number of nitrogens with one attached hydrogen (secondary N) is 2. The zero-order valence-corrected chi connectivity index (χ0v) is 17.9. The van der Waals surface area contributed by atoms with Crippen LogP contribution < -0.4 is 10.6 Å². The lowest BCUT2D eigenvalue weighted by Gasteiger charge is -2.46. The van der Waals surface area contributed by atoms with Crippen LogP contribution in [0, 0.1) is 11.3 Å². The summed E-state index contributed by atoms with van der Waals surface area (Å²) in [6, 6.07) is 0. The first-order valence-corrected chi connectivity index (χ1v) is 9.09. The molecule has 0 aromatic rings. The number of likely N-dealkylation sites (N-methyl/N-ethyl adjacent to an activating group) is 1. The Kier molecular flexibility index (Phi) is 10.9. The van der Waals surface area contributed by atoms with E-state index >= 15 is 0 Å². The molecule has 0 spiro atoms. The van der Waals surface area contributed by atoms with Gasteiger partial charge in [-0.25, -0.2) is 0 Å². The van der Waals surface area contributed by atoms with E-state index in [4.69, 9.17) is 4.74 Å². The molecule has 7 heteroatoms. The summed E-state index contributed by atoms with van der Waals surface area (Å²) >= 11 is 0. The molecule has 2 aliphatic rings. The smallest absolute Gasteiger partial charge is 0.228 e. The first-order chi connectivity index (χ1) is 10.9. The van der Waals surface area contributed by atoms with Gasteiger partial charge in [0.1, 0.15) is 0 Å². The fraction of sp³-hybridized carbons (Fsp3) is 0.944. The first kappa shape index (κ1) is 24.9. The van der Waals surface area contributed by atoms with Crippen molar-refractivity contribution in [2.24, 2.45) is 11.3 Å². The van der Waals surface area contributed by atoms with Gasteiger partial charge < -0.3 is 20.3 Å². The van der Waals surface area contributed by atoms with Gasteiger partial charge in [0.25, 0.3) is 0 Å². The molecule has 0 aromatic heterocycles. The van der Waals surface area contributed by atoms with Gasteiger partial charge in [0.05, 0.1) is 12.0 Å². The van der Waals surface area contributed by atoms with E-state index in [9.17, 15) is 4.79 Å². The van der Waals surface area contributed by atoms with Crippen molar-refractivity contribution in [2.45, 2.75) is 51.0 Å². The Bertz CT molecular complexity index is 398. The summed E-state index contributed by atoms with van der Waals surface area (Å²) in [4.78, 5) is 15.3. The molecule has 1 saturated carbocycles. The predicted octanol–water partition coefficient (Wildman–Crippen LogP) is 2.47. The summed E-state index contributed by atoms with van der Waals surface area (Å²) in [5.41, 5.74) is -0.248. The largest absolute Gasteiger partial charge is 0.384 e. The molecule has 0 aromatic carbocycles. The highest BCUT2D eigenvalue weighted by Crippen LogP contribution is 2.36. The van der Waals surface area contributed by atoms with Crippen molar-refractivity contribution in [3.05, 3.63) is 0 Å². The van der Waals surface area contributed by atoms with Crippen LogP contribution in [0.5, 0.6) is 0 Å². The fourth-order valence-corrected chi connectivity index (χ4v) is 4.41. The molecule has 2 rings (SSSR count). The molecule has 2 atom stereocenters. The summed E-state index contributed by atoms with van der Waals surface area (Å²) in [6.45, 7) is 5.39. The molecule has 150 valence electrons. The lowest BCUT2D eigenvalue weighted by atomic mass is 9.74. The Labute approximate surface area is 165 Å². The Morgan fingerprint density at radius 3 is 2.40 bits per heavy atom. The summed E-state index contributed by atoms with van der Waals surface area (Å²) in [5, 5.41) is 6.65. The van der Waals surface area contributed by atoms with E-state index in [1.807, 2.05) is 0 Å². The van der Waals surface area contributed by atoms with Gasteiger partial charge in [-0.05, 0) is 58.8 Å². The molecule has 0 radical (unpaired) electrons. The zero-order chi connectivity index (χ0) is 16.9. The molecule has 5 nitrogen and oxygen atoms in total. The maximum atomic E-state index is 13.0. The molecule has 1 amide bonds. The zero-order valence-electron chi connectivity index (χ0n) is 16.2. The number of hydrogen-bond acceptors (Lipinski definition) is 4. The number of carbonyl (C=O) groups excluding carboxylic acids is 1. The van der Waals surface area contributed by atoms with Crippen molar-refractivity contribution >= 4 is 30.7 Å². The van der Waals surface area contributed by atoms with Crippen LogP contribution in [0.3, 0.4) is 0 Å². The van der Waals surface area contributed by atoms with Gasteiger partial charge in [0, 0.05) is 19.2 Å². The van der Waals surface area contributed by atoms with Crippen molar-refractivity contribution in [1.82, 2.24) is 15.5 Å². The van der Waals surface area contributed by atoms with E-state index in [0.717, 1.165) is 38.4 Å². The second-order valence-electron chi connectivity index (χ2n) is 7.97. The highest BCUT2D eigenvalue weighted by atomic mass is 35.5. The number of amides is 1. The van der Waals surface area contributed by atoms with Crippen molar-refractivity contribution in [1.29, 1.82) is 0 Å². The predicted molar refractivity (Wildman–Crippen MR) is 108 cm³/mol. The molecule has 1 aliphatic heterocycles. The lowest BCUT2D eigenvalue weighted by Crippen LogP contribution is -2.58. The van der Waals surface area contributed by atoms with Crippen LogP contribution in [0.2, 0.25) is 0 Å². The van der Waals surface area contributed by atoms with Crippen LogP contribution in [0.15, 0.2) is 0 Å². The van der Waals surface area contributed by atoms with E-state index in [-0.39, 0.29) is 41.7 Å². The third-order valence-corrected chi connectivity index (χ3v) is 6.06. The number of methoxy groups -OCH3 is 1. The lowest BCUT2D eigenvalue weighted by molar-refractivity contribution is -0.137. The third-order valence-electron chi connectivity index (χ3n) is 6.06. The molecule has 2 unspecified atom stereocenters. The van der Waals surface area contributed by atoms with E-state index in [2.05, 4.69) is 36.6 Å². The van der Waals surface area contributed by atoms with Gasteiger partial charge in [0.15, 0.2) is 0 Å². The molecule has 2 N–H and O–H groups in total. The van der Waals surface area contributed by atoms with Gasteiger partial charge in [-0.3, -0.25) is 4.79 Å². The van der Waals surface area contributed by atoms with Crippen LogP contribution in [-0.4, -0.2) is 63.8 Å². The maximum absolute atomic E-state index is 13.0. The van der Waals surface area contributed by atoms with Crippen LogP contribution in [0.25, 0.3) is 0 Å². The van der Waals surface area contributed by atoms with Gasteiger partial charge in [-0.1, -0.05) is 19.8 Å². The van der Waals surface area contributed by atoms with Crippen molar-refractivity contribution in [3.63, 3.8) is 0 Å². The van der Waals surface area contributed by atoms with E-state index < -0.39 is 0 Å². The molecule has 1 heterocycles. The summed E-state index contributed by atoms with van der Waals surface area (Å²) in [5.74, 6) is 0.912. The SMILES string of the molecule is COCC1(C(=O)NCC2(N(C)C)CCCC(C)C2)CCNCC1.Cl.Cl. The number of nitrogens with zero attached hydrogens (tertiary/aromatic N) is 1. The Balaban J connectivity index is 0.00000288. The van der Waals surface area contributed by atoms with Gasteiger partial charge >= 0.3 is 0 Å². The molecular formula is C18H37Cl2N3O2. The minimum absolute atomic E-state index is 0. The van der Waals surface area contributed by atoms with E-state index in [0.29, 0.717) is 6.61 Å². The topological polar surface area (TPSA) is 53.6 Å². The van der Waals surface area contributed by atoms with Crippen LogP contribution >= 0.6 is 24.8 Å². The second kappa shape index (κ2) is 10.9. The minimum atomic E-state index is -0.353. The highest BCUT2D eigenvalue weighted by molar-refractivity contribution is 5.85. The quantitative estimate of drug-likeness (QED) is 0.722. The summed E-state index contributed by atoms with van der Waals surface area (Å²) in [6.07, 6.45) is 6.61. The van der Waals surface area contributed by atoms with Crippen molar-refractivity contribution in [3.8, 4) is 0 Å². The minimum Gasteiger partial charge on any atom is -0.384 e. The molecule has 1 saturated heterocycles. The van der Waals surface area contributed by atoms with Crippen LogP contribution in [-0.2, 0) is 9.53 Å². The third kappa shape index (κ3) is 5.96. The van der Waals surface area contributed by atoms with Crippen molar-refractivity contribution in [2.75, 3.05) is 47.4 Å². The highest BCUT2D eigenvalue weighted by Gasteiger charge is 2.42. The molecule has 25 heavy (non-hydrogen) atoms. The first-order valence-electron chi connectivity index (χ1n) is 9.09. The Morgan fingerprint density at radius 1 is 1.24 bits per heavy atom. The number of rotatable bonds is 6. The normalized spacial score (nSPS) is 28.6. The monoisotopic (exact) mass is 397 g/mol. The Morgan fingerprint density at radius 2 is 1.88 bits per heavy atom. The average Bonchev–Trinajstić information content (AvgIpc) is 2.53. The summed E-state index contributed by atoms with van der Waals surface area (Å²) in [7, 11) is 6.00. The number of carbonyl (C=O) groups is 1. The second-order valence-corrected chi connectivity index (χ2v) is 7.97. The van der Waals surface area contributed by atoms with Gasteiger partial charge in [0.2, 0.25) is 5.91 Å². The Hall–Kier alpha value is -0.0700. The molecule has 1 aliphatic carbocycles. The number of piperidine rings is 1. The molecule has 0 bridgehead atoms. The standard InChI is InChI=1S/C18H35N3O2.2ClH/c1-15-6-5-7-18(12-15,21(2)3)13-20-16(22)17(14-23-4)8-10-19-11-9-17;;/h15,19H,5-14H2,1-4H3,(H,20,22);2*1H. The summed E-state index contributed by atoms with van der Waals surface area (Å²) < 4.78 is 5.39. The number of hydrogen-bond donors (Lipinski definition) is 2. The van der Waals surface area contributed by atoms with Gasteiger partial charge in [-0.2, -0.15) is 0 Å². The molecular weight excluding hydrogens is 361 g/mol. The number of ether oxygens (including phenoxy) is 1. The number of halogens is 2. The maximum Gasteiger partial charge on any atom is 0.228 e. The average molecular weight is 398 g/mol. The van der Waals surface area contributed by atoms with Crippen LogP contribution in [0.4, 0.5) is 0 Å². The van der Waals surface area contributed by atoms with Crippen molar-refractivity contribution < 1.29 is 9.53 Å².